The van der Waals surface area contributed by atoms with Gasteiger partial charge in [-0.05, 0) is 36.8 Å². The third-order valence-corrected chi connectivity index (χ3v) is 4.85. The number of hydrogen-bond donors (Lipinski definition) is 0. The molecule has 0 atom stereocenters. The number of hydrogen-bond acceptors (Lipinski definition) is 3. The van der Waals surface area contributed by atoms with E-state index >= 15 is 0 Å². The van der Waals surface area contributed by atoms with Crippen LogP contribution in [0.25, 0.3) is 6.08 Å². The van der Waals surface area contributed by atoms with E-state index in [9.17, 15) is 0 Å². The minimum Gasteiger partial charge on any atom is -0.378 e. The van der Waals surface area contributed by atoms with Crippen molar-refractivity contribution in [1.82, 2.24) is 4.90 Å². The fourth-order valence-electron chi connectivity index (χ4n) is 3.17. The molecule has 1 heterocycles. The summed E-state index contributed by atoms with van der Waals surface area (Å²) in [5.41, 5.74) is 5.18. The number of piperazine rings is 1. The number of benzene rings is 2. The van der Waals surface area contributed by atoms with Gasteiger partial charge in [0.2, 0.25) is 0 Å². The molecule has 3 rings (SSSR count). The van der Waals surface area contributed by atoms with Crippen molar-refractivity contribution < 1.29 is 0 Å². The Morgan fingerprint density at radius 1 is 0.880 bits per heavy atom. The molecule has 3 nitrogen and oxygen atoms in total. The van der Waals surface area contributed by atoms with Crippen LogP contribution in [0.5, 0.6) is 0 Å². The zero-order valence-corrected chi connectivity index (χ0v) is 15.7. The highest BCUT2D eigenvalue weighted by molar-refractivity contribution is 5.55. The number of anilines is 2. The van der Waals surface area contributed by atoms with Gasteiger partial charge in [-0.1, -0.05) is 42.0 Å². The Hall–Kier alpha value is -2.26. The van der Waals surface area contributed by atoms with Crippen molar-refractivity contribution in [2.24, 2.45) is 0 Å². The van der Waals surface area contributed by atoms with Crippen molar-refractivity contribution in [3.63, 3.8) is 0 Å². The molecule has 25 heavy (non-hydrogen) atoms. The highest BCUT2D eigenvalue weighted by atomic mass is 15.3. The van der Waals surface area contributed by atoms with Gasteiger partial charge in [0.1, 0.15) is 0 Å². The van der Waals surface area contributed by atoms with E-state index in [0.717, 1.165) is 32.7 Å². The molecule has 2 aromatic rings. The molecule has 0 spiro atoms. The minimum atomic E-state index is 1.02. The van der Waals surface area contributed by atoms with Gasteiger partial charge in [-0.3, -0.25) is 4.90 Å². The standard InChI is InChI=1S/C22H29N3/c1-19-6-10-22(11-7-19)25-17-15-24(16-18-25)14-4-5-20-8-12-21(13-9-20)23(2)3/h4-13H,14-18H2,1-3H3. The molecule has 1 saturated heterocycles. The summed E-state index contributed by atoms with van der Waals surface area (Å²) in [5, 5.41) is 0. The SMILES string of the molecule is Cc1ccc(N2CCN(CC=Cc3ccc(N(C)C)cc3)CC2)cc1. The highest BCUT2D eigenvalue weighted by Crippen LogP contribution is 2.17. The topological polar surface area (TPSA) is 9.72 Å². The fourth-order valence-corrected chi connectivity index (χ4v) is 3.17. The quantitative estimate of drug-likeness (QED) is 0.820. The van der Waals surface area contributed by atoms with Gasteiger partial charge < -0.3 is 9.80 Å². The van der Waals surface area contributed by atoms with Gasteiger partial charge in [0.25, 0.3) is 0 Å². The van der Waals surface area contributed by atoms with Crippen LogP contribution in [0.2, 0.25) is 0 Å². The molecule has 0 amide bonds. The van der Waals surface area contributed by atoms with E-state index < -0.39 is 0 Å². The molecule has 132 valence electrons. The molecule has 0 N–H and O–H groups in total. The van der Waals surface area contributed by atoms with Gasteiger partial charge in [0.15, 0.2) is 0 Å². The first-order chi connectivity index (χ1) is 12.1. The van der Waals surface area contributed by atoms with Gasteiger partial charge in [-0.25, -0.2) is 0 Å². The summed E-state index contributed by atoms with van der Waals surface area (Å²) in [7, 11) is 4.14. The van der Waals surface area contributed by atoms with Gasteiger partial charge in [0, 0.05) is 58.2 Å². The van der Waals surface area contributed by atoms with E-state index in [4.69, 9.17) is 0 Å². The predicted octanol–water partition coefficient (Wildman–Crippen LogP) is 3.90. The van der Waals surface area contributed by atoms with E-state index in [1.807, 2.05) is 0 Å². The molecular weight excluding hydrogens is 306 g/mol. The van der Waals surface area contributed by atoms with E-state index in [1.54, 1.807) is 0 Å². The summed E-state index contributed by atoms with van der Waals surface area (Å²) in [6.45, 7) is 7.62. The minimum absolute atomic E-state index is 1.02. The van der Waals surface area contributed by atoms with E-state index in [2.05, 4.69) is 96.4 Å². The Labute approximate surface area is 152 Å². The van der Waals surface area contributed by atoms with Crippen molar-refractivity contribution >= 4 is 17.5 Å². The average Bonchev–Trinajstić information content (AvgIpc) is 2.63. The van der Waals surface area contributed by atoms with Crippen LogP contribution < -0.4 is 9.80 Å². The Balaban J connectivity index is 1.46. The summed E-state index contributed by atoms with van der Waals surface area (Å²) in [6, 6.07) is 17.6. The normalized spacial score (nSPS) is 15.7. The predicted molar refractivity (Wildman–Crippen MR) is 110 cm³/mol. The first kappa shape index (κ1) is 17.6. The smallest absolute Gasteiger partial charge is 0.0367 e. The second-order valence-corrected chi connectivity index (χ2v) is 7.01. The van der Waals surface area contributed by atoms with Crippen molar-refractivity contribution in [1.29, 1.82) is 0 Å². The van der Waals surface area contributed by atoms with Crippen LogP contribution in [-0.4, -0.2) is 51.7 Å². The first-order valence-corrected chi connectivity index (χ1v) is 9.10. The van der Waals surface area contributed by atoms with Crippen molar-refractivity contribution in [3.8, 4) is 0 Å². The number of nitrogens with zero attached hydrogens (tertiary/aromatic N) is 3. The maximum atomic E-state index is 2.52. The molecule has 3 heteroatoms. The van der Waals surface area contributed by atoms with Crippen LogP contribution in [-0.2, 0) is 0 Å². The molecule has 0 radical (unpaired) electrons. The summed E-state index contributed by atoms with van der Waals surface area (Å²) in [4.78, 5) is 7.13. The van der Waals surface area contributed by atoms with Crippen LogP contribution in [0.4, 0.5) is 11.4 Å². The molecule has 1 aliphatic heterocycles. The maximum absolute atomic E-state index is 2.52. The summed E-state index contributed by atoms with van der Waals surface area (Å²) >= 11 is 0. The zero-order valence-electron chi connectivity index (χ0n) is 15.7. The second-order valence-electron chi connectivity index (χ2n) is 7.01. The van der Waals surface area contributed by atoms with Crippen molar-refractivity contribution in [2.75, 3.05) is 56.6 Å². The van der Waals surface area contributed by atoms with Gasteiger partial charge >= 0.3 is 0 Å². The van der Waals surface area contributed by atoms with E-state index in [1.165, 1.54) is 22.5 Å². The van der Waals surface area contributed by atoms with E-state index in [-0.39, 0.29) is 0 Å². The second kappa shape index (κ2) is 8.21. The lowest BCUT2D eigenvalue weighted by atomic mass is 10.2. The van der Waals surface area contributed by atoms with Crippen molar-refractivity contribution in [2.45, 2.75) is 6.92 Å². The summed E-state index contributed by atoms with van der Waals surface area (Å²) in [6.07, 6.45) is 4.51. The third-order valence-electron chi connectivity index (χ3n) is 4.85. The van der Waals surface area contributed by atoms with Crippen LogP contribution >= 0.6 is 0 Å². The molecule has 2 aromatic carbocycles. The van der Waals surface area contributed by atoms with Crippen LogP contribution in [0.15, 0.2) is 54.6 Å². The molecule has 1 fully saturated rings. The van der Waals surface area contributed by atoms with E-state index in [0.29, 0.717) is 0 Å². The first-order valence-electron chi connectivity index (χ1n) is 9.10. The number of aryl methyl sites for hydroxylation is 1. The van der Waals surface area contributed by atoms with Crippen molar-refractivity contribution in [3.05, 3.63) is 65.7 Å². The lowest BCUT2D eigenvalue weighted by Gasteiger charge is -2.35. The highest BCUT2D eigenvalue weighted by Gasteiger charge is 2.15. The zero-order chi connectivity index (χ0) is 17.6. The molecule has 0 aromatic heterocycles. The van der Waals surface area contributed by atoms with Gasteiger partial charge in [-0.2, -0.15) is 0 Å². The number of rotatable bonds is 5. The average molecular weight is 335 g/mol. The van der Waals surface area contributed by atoms with Gasteiger partial charge in [0.05, 0.1) is 0 Å². The largest absolute Gasteiger partial charge is 0.378 e. The lowest BCUT2D eigenvalue weighted by molar-refractivity contribution is 0.284. The lowest BCUT2D eigenvalue weighted by Crippen LogP contribution is -2.46. The summed E-state index contributed by atoms with van der Waals surface area (Å²) < 4.78 is 0. The molecule has 1 aliphatic rings. The molecule has 0 aliphatic carbocycles. The Kier molecular flexibility index (Phi) is 5.77. The molecular formula is C22H29N3. The summed E-state index contributed by atoms with van der Waals surface area (Å²) in [5.74, 6) is 0. The maximum Gasteiger partial charge on any atom is 0.0367 e. The van der Waals surface area contributed by atoms with Crippen LogP contribution in [0.1, 0.15) is 11.1 Å². The molecule has 0 bridgehead atoms. The fraction of sp³-hybridized carbons (Fsp3) is 0.364. The Morgan fingerprint density at radius 3 is 2.12 bits per heavy atom. The molecule has 0 unspecified atom stereocenters. The Morgan fingerprint density at radius 2 is 1.52 bits per heavy atom. The van der Waals surface area contributed by atoms with Gasteiger partial charge in [-0.15, -0.1) is 0 Å². The molecule has 0 saturated carbocycles. The Bertz CT molecular complexity index is 678. The third kappa shape index (κ3) is 4.86. The van der Waals surface area contributed by atoms with Crippen LogP contribution in [0, 0.1) is 6.92 Å². The monoisotopic (exact) mass is 335 g/mol. The van der Waals surface area contributed by atoms with Crippen LogP contribution in [0.3, 0.4) is 0 Å².